The predicted molar refractivity (Wildman–Crippen MR) is 72.8 cm³/mol. The Morgan fingerprint density at radius 2 is 2.39 bits per heavy atom. The van der Waals surface area contributed by atoms with Gasteiger partial charge in [-0.25, -0.2) is 0 Å². The van der Waals surface area contributed by atoms with Crippen molar-refractivity contribution in [2.45, 2.75) is 18.6 Å². The van der Waals surface area contributed by atoms with E-state index in [2.05, 4.69) is 21.2 Å². The van der Waals surface area contributed by atoms with Crippen LogP contribution in [-0.4, -0.2) is 37.6 Å². The molecule has 0 amide bonds. The minimum Gasteiger partial charge on any atom is -0.496 e. The molecule has 0 radical (unpaired) electrons. The molecular formula is C13H18BrNO3. The number of hydrogen-bond donors (Lipinski definition) is 2. The third-order valence-electron chi connectivity index (χ3n) is 3.09. The number of rotatable bonds is 5. The van der Waals surface area contributed by atoms with Gasteiger partial charge in [0.05, 0.1) is 13.7 Å². The lowest BCUT2D eigenvalue weighted by molar-refractivity contribution is 0.0268. The topological polar surface area (TPSA) is 50.7 Å². The summed E-state index contributed by atoms with van der Waals surface area (Å²) in [4.78, 5) is 0. The molecule has 1 aliphatic rings. The van der Waals surface area contributed by atoms with E-state index in [0.29, 0.717) is 32.7 Å². The van der Waals surface area contributed by atoms with Gasteiger partial charge in [-0.15, -0.1) is 0 Å². The van der Waals surface area contributed by atoms with E-state index in [1.54, 1.807) is 7.11 Å². The molecule has 18 heavy (non-hydrogen) atoms. The summed E-state index contributed by atoms with van der Waals surface area (Å²) in [5, 5.41) is 13.4. The molecule has 0 aliphatic carbocycles. The first-order chi connectivity index (χ1) is 8.63. The van der Waals surface area contributed by atoms with Crippen LogP contribution in [0.2, 0.25) is 0 Å². The molecule has 1 unspecified atom stereocenters. The van der Waals surface area contributed by atoms with Gasteiger partial charge in [-0.05, 0) is 18.2 Å². The minimum absolute atomic E-state index is 0.412. The number of aliphatic hydroxyl groups is 1. The molecule has 1 aliphatic heterocycles. The van der Waals surface area contributed by atoms with Crippen LogP contribution in [0.25, 0.3) is 0 Å². The average molecular weight is 316 g/mol. The maximum absolute atomic E-state index is 10.1. The summed E-state index contributed by atoms with van der Waals surface area (Å²) in [6, 6.07) is 5.89. The first-order valence-corrected chi connectivity index (χ1v) is 6.75. The number of ether oxygens (including phenoxy) is 2. The van der Waals surface area contributed by atoms with Gasteiger partial charge < -0.3 is 19.9 Å². The standard InChI is InChI=1S/C13H18BrNO3/c1-17-12-3-2-11(14)6-10(12)7-15-8-13(16)4-5-18-9-13/h2-3,6,15-16H,4-5,7-9H2,1H3. The Morgan fingerprint density at radius 1 is 1.56 bits per heavy atom. The molecule has 0 bridgehead atoms. The molecule has 1 fully saturated rings. The van der Waals surface area contributed by atoms with Gasteiger partial charge in [-0.1, -0.05) is 15.9 Å². The Kier molecular flexibility index (Phi) is 4.61. The van der Waals surface area contributed by atoms with E-state index in [9.17, 15) is 5.11 Å². The van der Waals surface area contributed by atoms with Gasteiger partial charge in [0, 0.05) is 36.2 Å². The van der Waals surface area contributed by atoms with Crippen molar-refractivity contribution in [2.75, 3.05) is 26.9 Å². The van der Waals surface area contributed by atoms with E-state index < -0.39 is 5.60 Å². The number of methoxy groups -OCH3 is 1. The Bertz CT molecular complexity index is 405. The van der Waals surface area contributed by atoms with Gasteiger partial charge in [0.2, 0.25) is 0 Å². The highest BCUT2D eigenvalue weighted by Gasteiger charge is 2.31. The van der Waals surface area contributed by atoms with Gasteiger partial charge in [0.15, 0.2) is 0 Å². The second-order valence-corrected chi connectivity index (χ2v) is 5.50. The molecule has 0 spiro atoms. The molecule has 0 aromatic heterocycles. The average Bonchev–Trinajstić information content (AvgIpc) is 2.77. The van der Waals surface area contributed by atoms with E-state index in [1.165, 1.54) is 0 Å². The van der Waals surface area contributed by atoms with Crippen LogP contribution in [0.3, 0.4) is 0 Å². The molecular weight excluding hydrogens is 298 g/mol. The van der Waals surface area contributed by atoms with Crippen molar-refractivity contribution in [3.05, 3.63) is 28.2 Å². The summed E-state index contributed by atoms with van der Waals surface area (Å²) in [5.41, 5.74) is 0.341. The zero-order valence-electron chi connectivity index (χ0n) is 10.4. The molecule has 2 rings (SSSR count). The first-order valence-electron chi connectivity index (χ1n) is 5.96. The molecule has 100 valence electrons. The first kappa shape index (κ1) is 13.8. The zero-order valence-corrected chi connectivity index (χ0v) is 12.0. The molecule has 1 heterocycles. The number of hydrogen-bond acceptors (Lipinski definition) is 4. The summed E-state index contributed by atoms with van der Waals surface area (Å²) in [7, 11) is 1.66. The third kappa shape index (κ3) is 3.45. The molecule has 1 atom stereocenters. The lowest BCUT2D eigenvalue weighted by Crippen LogP contribution is -2.40. The maximum Gasteiger partial charge on any atom is 0.123 e. The Balaban J connectivity index is 1.91. The van der Waals surface area contributed by atoms with Crippen LogP contribution in [-0.2, 0) is 11.3 Å². The normalized spacial score (nSPS) is 23.3. The quantitative estimate of drug-likeness (QED) is 0.868. The van der Waals surface area contributed by atoms with E-state index >= 15 is 0 Å². The fourth-order valence-corrected chi connectivity index (χ4v) is 2.46. The van der Waals surface area contributed by atoms with Crippen LogP contribution in [0.4, 0.5) is 0 Å². The molecule has 1 aromatic carbocycles. The number of benzene rings is 1. The highest BCUT2D eigenvalue weighted by molar-refractivity contribution is 9.10. The molecule has 2 N–H and O–H groups in total. The van der Waals surface area contributed by atoms with Crippen LogP contribution in [0.5, 0.6) is 5.75 Å². The van der Waals surface area contributed by atoms with E-state index in [-0.39, 0.29) is 0 Å². The summed E-state index contributed by atoms with van der Waals surface area (Å²) < 4.78 is 11.5. The summed E-state index contributed by atoms with van der Waals surface area (Å²) in [6.07, 6.45) is 0.690. The molecule has 4 nitrogen and oxygen atoms in total. The second kappa shape index (κ2) is 6.02. The van der Waals surface area contributed by atoms with E-state index in [4.69, 9.17) is 9.47 Å². The Hall–Kier alpha value is -0.620. The van der Waals surface area contributed by atoms with Crippen LogP contribution < -0.4 is 10.1 Å². The van der Waals surface area contributed by atoms with Crippen LogP contribution in [0, 0.1) is 0 Å². The lowest BCUT2D eigenvalue weighted by Gasteiger charge is -2.21. The van der Waals surface area contributed by atoms with Crippen molar-refractivity contribution in [3.63, 3.8) is 0 Å². The minimum atomic E-state index is -0.723. The largest absolute Gasteiger partial charge is 0.496 e. The zero-order chi connectivity index (χ0) is 13.0. The van der Waals surface area contributed by atoms with Crippen LogP contribution in [0.15, 0.2) is 22.7 Å². The second-order valence-electron chi connectivity index (χ2n) is 4.59. The van der Waals surface area contributed by atoms with Crippen molar-refractivity contribution in [2.24, 2.45) is 0 Å². The smallest absolute Gasteiger partial charge is 0.123 e. The summed E-state index contributed by atoms with van der Waals surface area (Å²) >= 11 is 3.44. The molecule has 1 aromatic rings. The van der Waals surface area contributed by atoms with Crippen molar-refractivity contribution < 1.29 is 14.6 Å². The Labute approximate surface area is 115 Å². The SMILES string of the molecule is COc1ccc(Br)cc1CNCC1(O)CCOC1. The highest BCUT2D eigenvalue weighted by Crippen LogP contribution is 2.23. The van der Waals surface area contributed by atoms with Crippen molar-refractivity contribution in [3.8, 4) is 5.75 Å². The summed E-state index contributed by atoms with van der Waals surface area (Å²) in [6.45, 7) is 2.24. The number of nitrogens with one attached hydrogen (secondary N) is 1. The fourth-order valence-electron chi connectivity index (χ4n) is 2.05. The van der Waals surface area contributed by atoms with Gasteiger partial charge in [-0.2, -0.15) is 0 Å². The summed E-state index contributed by atoms with van der Waals surface area (Å²) in [5.74, 6) is 0.848. The van der Waals surface area contributed by atoms with E-state index in [0.717, 1.165) is 15.8 Å². The van der Waals surface area contributed by atoms with Crippen molar-refractivity contribution in [1.29, 1.82) is 0 Å². The Morgan fingerprint density at radius 3 is 3.06 bits per heavy atom. The molecule has 1 saturated heterocycles. The van der Waals surface area contributed by atoms with Crippen molar-refractivity contribution >= 4 is 15.9 Å². The molecule has 5 heteroatoms. The lowest BCUT2D eigenvalue weighted by atomic mass is 10.0. The monoisotopic (exact) mass is 315 g/mol. The number of halogens is 1. The van der Waals surface area contributed by atoms with E-state index in [1.807, 2.05) is 18.2 Å². The predicted octanol–water partition coefficient (Wildman–Crippen LogP) is 1.70. The van der Waals surface area contributed by atoms with Gasteiger partial charge in [-0.3, -0.25) is 0 Å². The van der Waals surface area contributed by atoms with Gasteiger partial charge in [0.25, 0.3) is 0 Å². The highest BCUT2D eigenvalue weighted by atomic mass is 79.9. The van der Waals surface area contributed by atoms with Gasteiger partial charge >= 0.3 is 0 Å². The van der Waals surface area contributed by atoms with Crippen molar-refractivity contribution in [1.82, 2.24) is 5.32 Å². The fraction of sp³-hybridized carbons (Fsp3) is 0.538. The van der Waals surface area contributed by atoms with Gasteiger partial charge in [0.1, 0.15) is 11.4 Å². The van der Waals surface area contributed by atoms with Crippen LogP contribution in [0.1, 0.15) is 12.0 Å². The molecule has 0 saturated carbocycles. The maximum atomic E-state index is 10.1. The third-order valence-corrected chi connectivity index (χ3v) is 3.59. The van der Waals surface area contributed by atoms with Crippen LogP contribution >= 0.6 is 15.9 Å².